The van der Waals surface area contributed by atoms with Crippen LogP contribution >= 0.6 is 0 Å². The van der Waals surface area contributed by atoms with Crippen LogP contribution in [0.3, 0.4) is 0 Å². The zero-order valence-corrected chi connectivity index (χ0v) is 15.9. The van der Waals surface area contributed by atoms with E-state index in [4.69, 9.17) is 0 Å². The van der Waals surface area contributed by atoms with Gasteiger partial charge in [0.1, 0.15) is 0 Å². The normalized spacial score (nSPS) is 22.9. The predicted octanol–water partition coefficient (Wildman–Crippen LogP) is 5.88. The molecule has 1 amide bonds. The first-order valence-corrected chi connectivity index (χ1v) is 10.1. The molecule has 27 heavy (non-hydrogen) atoms. The van der Waals surface area contributed by atoms with Crippen molar-refractivity contribution in [1.82, 2.24) is 0 Å². The van der Waals surface area contributed by atoms with Gasteiger partial charge in [0.15, 0.2) is 0 Å². The zero-order valence-electron chi connectivity index (χ0n) is 15.9. The number of amides is 1. The maximum atomic E-state index is 13.0. The van der Waals surface area contributed by atoms with Gasteiger partial charge in [0.05, 0.1) is 12.0 Å². The molecule has 3 atom stereocenters. The molecular weight excluding hydrogens is 330 g/mol. The lowest BCUT2D eigenvalue weighted by molar-refractivity contribution is -0.129. The second-order valence-corrected chi connectivity index (χ2v) is 7.67. The van der Waals surface area contributed by atoms with Crippen molar-refractivity contribution in [3.05, 3.63) is 90.0 Å². The van der Waals surface area contributed by atoms with Crippen LogP contribution in [0.5, 0.6) is 0 Å². The fraction of sp³-hybridized carbons (Fsp3) is 0.320. The number of para-hydroxylation sites is 1. The van der Waals surface area contributed by atoms with E-state index in [-0.39, 0.29) is 17.9 Å². The molecule has 2 heteroatoms. The summed E-state index contributed by atoms with van der Waals surface area (Å²) in [6.45, 7) is 2.27. The molecule has 0 saturated carbocycles. The van der Waals surface area contributed by atoms with Crippen LogP contribution in [0.1, 0.15) is 44.1 Å². The van der Waals surface area contributed by atoms with E-state index in [1.165, 1.54) is 11.1 Å². The number of hydrogen-bond donors (Lipinski definition) is 0. The number of nitrogens with zero attached hydrogens (tertiary/aromatic N) is 1. The predicted molar refractivity (Wildman–Crippen MR) is 112 cm³/mol. The summed E-state index contributed by atoms with van der Waals surface area (Å²) in [4.78, 5) is 15.0. The van der Waals surface area contributed by atoms with Crippen molar-refractivity contribution >= 4 is 11.6 Å². The van der Waals surface area contributed by atoms with Crippen LogP contribution in [0.15, 0.2) is 84.5 Å². The molecule has 1 saturated heterocycles. The number of β-lactam (4-membered cyclic amide) rings is 1. The van der Waals surface area contributed by atoms with Gasteiger partial charge in [-0.1, -0.05) is 73.7 Å². The second kappa shape index (κ2) is 7.96. The van der Waals surface area contributed by atoms with Gasteiger partial charge in [-0.15, -0.1) is 0 Å². The monoisotopic (exact) mass is 357 g/mol. The van der Waals surface area contributed by atoms with Gasteiger partial charge in [-0.3, -0.25) is 4.79 Å². The number of hydrogen-bond acceptors (Lipinski definition) is 1. The lowest BCUT2D eigenvalue weighted by atomic mass is 9.76. The number of allylic oxidation sites excluding steroid dienone is 2. The van der Waals surface area contributed by atoms with Crippen molar-refractivity contribution in [1.29, 1.82) is 0 Å². The molecule has 2 aromatic rings. The Morgan fingerprint density at radius 2 is 1.70 bits per heavy atom. The third-order valence-electron chi connectivity index (χ3n) is 5.89. The quantitative estimate of drug-likeness (QED) is 0.591. The smallest absolute Gasteiger partial charge is 0.233 e. The van der Waals surface area contributed by atoms with E-state index in [0.717, 1.165) is 31.4 Å². The summed E-state index contributed by atoms with van der Waals surface area (Å²) in [5.41, 5.74) is 3.68. The van der Waals surface area contributed by atoms with E-state index in [1.54, 1.807) is 0 Å². The van der Waals surface area contributed by atoms with Crippen LogP contribution in [-0.4, -0.2) is 11.9 Å². The Kier molecular flexibility index (Phi) is 5.24. The van der Waals surface area contributed by atoms with Crippen LogP contribution in [0.25, 0.3) is 0 Å². The fourth-order valence-electron chi connectivity index (χ4n) is 4.32. The average Bonchev–Trinajstić information content (AvgIpc) is 2.73. The van der Waals surface area contributed by atoms with Gasteiger partial charge >= 0.3 is 0 Å². The summed E-state index contributed by atoms with van der Waals surface area (Å²) in [5, 5.41) is 0. The molecule has 138 valence electrons. The molecular formula is C25H27NO. The summed E-state index contributed by atoms with van der Waals surface area (Å²) in [5.74, 6) is 0.831. The van der Waals surface area contributed by atoms with Crippen molar-refractivity contribution in [2.45, 2.75) is 44.6 Å². The Labute approximate surface area is 162 Å². The number of carbonyl (C=O) groups is 1. The highest BCUT2D eigenvalue weighted by molar-refractivity contribution is 6.04. The van der Waals surface area contributed by atoms with Gasteiger partial charge in [-0.05, 0) is 54.9 Å². The SMILES string of the molecule is C[C@H](CC[C@H]1C(=O)N(c2ccccc2)[C@@H]1C1=CCCC=C1)c1ccccc1. The van der Waals surface area contributed by atoms with E-state index < -0.39 is 0 Å². The summed E-state index contributed by atoms with van der Waals surface area (Å²) >= 11 is 0. The molecule has 1 aliphatic carbocycles. The molecule has 2 nitrogen and oxygen atoms in total. The minimum atomic E-state index is 0.0883. The van der Waals surface area contributed by atoms with Crippen molar-refractivity contribution < 1.29 is 4.79 Å². The highest BCUT2D eigenvalue weighted by atomic mass is 16.2. The molecule has 0 N–H and O–H groups in total. The second-order valence-electron chi connectivity index (χ2n) is 7.67. The molecule has 1 heterocycles. The first-order chi connectivity index (χ1) is 13.3. The fourth-order valence-corrected chi connectivity index (χ4v) is 4.32. The van der Waals surface area contributed by atoms with E-state index in [2.05, 4.69) is 55.5 Å². The highest BCUT2D eigenvalue weighted by Crippen LogP contribution is 2.41. The van der Waals surface area contributed by atoms with Crippen LogP contribution in [-0.2, 0) is 4.79 Å². The Morgan fingerprint density at radius 1 is 1.00 bits per heavy atom. The standard InChI is InChI=1S/C25H27NO/c1-19(20-11-5-2-6-12-20)17-18-23-24(21-13-7-3-8-14-21)26(25(23)27)22-15-9-4-10-16-22/h2,4-7,9-16,19,23-24H,3,8,17-18H2,1H3/t19-,23-,24-/m1/s1. The summed E-state index contributed by atoms with van der Waals surface area (Å²) in [6, 6.07) is 20.9. The molecule has 0 bridgehead atoms. The number of anilines is 1. The van der Waals surface area contributed by atoms with Gasteiger partial charge in [0, 0.05) is 5.69 Å². The molecule has 0 aromatic heterocycles. The number of benzene rings is 2. The van der Waals surface area contributed by atoms with Gasteiger partial charge < -0.3 is 4.90 Å². The summed E-state index contributed by atoms with van der Waals surface area (Å²) in [7, 11) is 0. The van der Waals surface area contributed by atoms with Crippen LogP contribution < -0.4 is 4.90 Å². The molecule has 1 aliphatic heterocycles. The van der Waals surface area contributed by atoms with Gasteiger partial charge in [0.2, 0.25) is 5.91 Å². The van der Waals surface area contributed by atoms with E-state index in [0.29, 0.717) is 5.92 Å². The topological polar surface area (TPSA) is 20.3 Å². The minimum absolute atomic E-state index is 0.0883. The molecule has 0 unspecified atom stereocenters. The van der Waals surface area contributed by atoms with E-state index in [1.807, 2.05) is 35.2 Å². The third kappa shape index (κ3) is 3.62. The van der Waals surface area contributed by atoms with E-state index >= 15 is 0 Å². The van der Waals surface area contributed by atoms with E-state index in [9.17, 15) is 4.79 Å². The Balaban J connectivity index is 1.52. The zero-order chi connectivity index (χ0) is 18.6. The lowest BCUT2D eigenvalue weighted by Crippen LogP contribution is -2.62. The first-order valence-electron chi connectivity index (χ1n) is 10.1. The molecule has 2 aromatic carbocycles. The molecule has 0 spiro atoms. The van der Waals surface area contributed by atoms with Gasteiger partial charge in [0.25, 0.3) is 0 Å². The van der Waals surface area contributed by atoms with Crippen LogP contribution in [0.4, 0.5) is 5.69 Å². The van der Waals surface area contributed by atoms with Crippen molar-refractivity contribution in [3.8, 4) is 0 Å². The van der Waals surface area contributed by atoms with Crippen LogP contribution in [0, 0.1) is 5.92 Å². The van der Waals surface area contributed by atoms with Crippen molar-refractivity contribution in [3.63, 3.8) is 0 Å². The Morgan fingerprint density at radius 3 is 2.37 bits per heavy atom. The molecule has 0 radical (unpaired) electrons. The number of rotatable bonds is 6. The maximum absolute atomic E-state index is 13.0. The highest BCUT2D eigenvalue weighted by Gasteiger charge is 2.48. The first kappa shape index (κ1) is 17.8. The molecule has 1 fully saturated rings. The van der Waals surface area contributed by atoms with Crippen molar-refractivity contribution in [2.24, 2.45) is 5.92 Å². The Bertz CT molecular complexity index is 837. The molecule has 4 rings (SSSR count). The van der Waals surface area contributed by atoms with Crippen LogP contribution in [0.2, 0.25) is 0 Å². The molecule has 2 aliphatic rings. The maximum Gasteiger partial charge on any atom is 0.233 e. The largest absolute Gasteiger partial charge is 0.304 e. The average molecular weight is 357 g/mol. The minimum Gasteiger partial charge on any atom is -0.304 e. The van der Waals surface area contributed by atoms with Gasteiger partial charge in [-0.25, -0.2) is 0 Å². The lowest BCUT2D eigenvalue weighted by Gasteiger charge is -2.48. The number of carbonyl (C=O) groups excluding carboxylic acids is 1. The Hall–Kier alpha value is -2.61. The van der Waals surface area contributed by atoms with Crippen molar-refractivity contribution in [2.75, 3.05) is 4.90 Å². The summed E-state index contributed by atoms with van der Waals surface area (Å²) < 4.78 is 0. The van der Waals surface area contributed by atoms with Gasteiger partial charge in [-0.2, -0.15) is 0 Å². The summed E-state index contributed by atoms with van der Waals surface area (Å²) in [6.07, 6.45) is 10.9. The third-order valence-corrected chi connectivity index (χ3v) is 5.89.